The predicted molar refractivity (Wildman–Crippen MR) is 86.2 cm³/mol. The van der Waals surface area contributed by atoms with E-state index in [1.165, 1.54) is 16.7 Å². The van der Waals surface area contributed by atoms with Crippen molar-refractivity contribution in [1.29, 1.82) is 0 Å². The van der Waals surface area contributed by atoms with E-state index in [0.29, 0.717) is 28.3 Å². The van der Waals surface area contributed by atoms with Gasteiger partial charge in [0.15, 0.2) is 0 Å². The van der Waals surface area contributed by atoms with Crippen LogP contribution in [-0.2, 0) is 4.79 Å². The van der Waals surface area contributed by atoms with Crippen molar-refractivity contribution in [2.24, 2.45) is 0 Å². The molecule has 5 heteroatoms. The van der Waals surface area contributed by atoms with Crippen molar-refractivity contribution < 1.29 is 14.3 Å². The Hall–Kier alpha value is -2.53. The molecule has 1 heterocycles. The van der Waals surface area contributed by atoms with Gasteiger partial charge in [-0.05, 0) is 36.4 Å². The number of hydrogen-bond acceptors (Lipinski definition) is 4. The van der Waals surface area contributed by atoms with Crippen molar-refractivity contribution in [2.45, 2.75) is 4.90 Å². The highest BCUT2D eigenvalue weighted by atomic mass is 32.2. The van der Waals surface area contributed by atoms with E-state index in [2.05, 4.69) is 0 Å². The number of thioether (sulfide) groups is 1. The van der Waals surface area contributed by atoms with E-state index in [9.17, 15) is 9.59 Å². The molecule has 0 bridgehead atoms. The smallest absolute Gasteiger partial charge is 0.218 e. The third-order valence-corrected chi connectivity index (χ3v) is 4.40. The van der Waals surface area contributed by atoms with Gasteiger partial charge >= 0.3 is 0 Å². The number of ketones is 1. The van der Waals surface area contributed by atoms with Crippen molar-refractivity contribution in [3.05, 3.63) is 65.2 Å². The molecule has 3 rings (SSSR count). The molecular formula is C17H13NO3S. The molecule has 110 valence electrons. The van der Waals surface area contributed by atoms with Crippen LogP contribution < -0.4 is 9.64 Å². The third kappa shape index (κ3) is 2.63. The molecule has 0 saturated heterocycles. The van der Waals surface area contributed by atoms with Crippen LogP contribution in [-0.4, -0.2) is 19.3 Å². The molecule has 0 radical (unpaired) electrons. The van der Waals surface area contributed by atoms with Gasteiger partial charge in [0.1, 0.15) is 5.75 Å². The van der Waals surface area contributed by atoms with Gasteiger partial charge in [0.2, 0.25) is 12.2 Å². The van der Waals surface area contributed by atoms with Crippen LogP contribution in [0.1, 0.15) is 10.4 Å². The second kappa shape index (κ2) is 6.07. The van der Waals surface area contributed by atoms with Crippen LogP contribution >= 0.6 is 11.8 Å². The average molecular weight is 311 g/mol. The Morgan fingerprint density at radius 2 is 1.82 bits per heavy atom. The summed E-state index contributed by atoms with van der Waals surface area (Å²) in [5.41, 5.74) is 1.35. The molecule has 0 fully saturated rings. The quantitative estimate of drug-likeness (QED) is 0.640. The average Bonchev–Trinajstić information content (AvgIpc) is 2.89. The number of fused-ring (bicyclic) bond motifs is 1. The lowest BCUT2D eigenvalue weighted by atomic mass is 10.1. The fourth-order valence-electron chi connectivity index (χ4n) is 2.17. The molecule has 0 atom stereocenters. The Kier molecular flexibility index (Phi) is 3.98. The zero-order valence-corrected chi connectivity index (χ0v) is 12.7. The van der Waals surface area contributed by atoms with Gasteiger partial charge in [-0.15, -0.1) is 0 Å². The molecule has 0 N–H and O–H groups in total. The Morgan fingerprint density at radius 1 is 1.09 bits per heavy atom. The summed E-state index contributed by atoms with van der Waals surface area (Å²) >= 11 is 1.38. The molecule has 0 unspecified atom stereocenters. The number of allylic oxidation sites excluding steroid dienone is 1. The van der Waals surface area contributed by atoms with E-state index in [-0.39, 0.29) is 5.78 Å². The molecule has 4 nitrogen and oxygen atoms in total. The maximum Gasteiger partial charge on any atom is 0.218 e. The van der Waals surface area contributed by atoms with Crippen LogP contribution in [0.2, 0.25) is 0 Å². The normalized spacial score (nSPS) is 14.8. The third-order valence-electron chi connectivity index (χ3n) is 3.32. The number of anilines is 1. The van der Waals surface area contributed by atoms with Gasteiger partial charge in [0.25, 0.3) is 0 Å². The van der Waals surface area contributed by atoms with E-state index in [4.69, 9.17) is 4.74 Å². The van der Waals surface area contributed by atoms with Crippen LogP contribution in [0.4, 0.5) is 5.69 Å². The molecule has 2 aromatic rings. The second-order valence-electron chi connectivity index (χ2n) is 4.63. The summed E-state index contributed by atoms with van der Waals surface area (Å²) in [6, 6.07) is 14.5. The largest absolute Gasteiger partial charge is 0.497 e. The lowest BCUT2D eigenvalue weighted by molar-refractivity contribution is -0.106. The van der Waals surface area contributed by atoms with Gasteiger partial charge in [-0.1, -0.05) is 23.9 Å². The molecule has 1 amide bonds. The summed E-state index contributed by atoms with van der Waals surface area (Å²) in [5.74, 6) is 0.655. The fraction of sp³-hybridized carbons (Fsp3) is 0.0588. The molecule has 0 aromatic heterocycles. The summed E-state index contributed by atoms with van der Waals surface area (Å²) in [7, 11) is 1.58. The standard InChI is InChI=1S/C17H13NO3S/c1-21-13-8-6-12(7-9-13)18(11-19)10-16-17(20)14-4-2-3-5-15(14)22-16/h2-11H,1H3. The number of hydrogen-bond donors (Lipinski definition) is 0. The Morgan fingerprint density at radius 3 is 2.45 bits per heavy atom. The highest BCUT2D eigenvalue weighted by Crippen LogP contribution is 2.40. The summed E-state index contributed by atoms with van der Waals surface area (Å²) in [6.45, 7) is 0. The van der Waals surface area contributed by atoms with E-state index >= 15 is 0 Å². The molecule has 22 heavy (non-hydrogen) atoms. The van der Waals surface area contributed by atoms with Crippen LogP contribution in [0.25, 0.3) is 0 Å². The lowest BCUT2D eigenvalue weighted by Crippen LogP contribution is -2.14. The maximum absolute atomic E-state index is 12.3. The Balaban J connectivity index is 1.89. The summed E-state index contributed by atoms with van der Waals surface area (Å²) in [6.07, 6.45) is 2.26. The number of benzene rings is 2. The Labute approximate surface area is 132 Å². The summed E-state index contributed by atoms with van der Waals surface area (Å²) < 4.78 is 5.09. The molecule has 0 aliphatic carbocycles. The maximum atomic E-state index is 12.3. The first-order chi connectivity index (χ1) is 10.7. The van der Waals surface area contributed by atoms with Gasteiger partial charge in [-0.3, -0.25) is 14.5 Å². The van der Waals surface area contributed by atoms with Crippen LogP contribution in [0.5, 0.6) is 5.75 Å². The topological polar surface area (TPSA) is 46.6 Å². The van der Waals surface area contributed by atoms with Crippen molar-refractivity contribution >= 4 is 29.6 Å². The Bertz CT molecular complexity index is 753. The first-order valence-electron chi connectivity index (χ1n) is 6.64. The number of amides is 1. The highest BCUT2D eigenvalue weighted by molar-refractivity contribution is 8.04. The number of Topliss-reactive ketones (excluding diaryl/α,β-unsaturated/α-hetero) is 1. The van der Waals surface area contributed by atoms with Crippen LogP contribution in [0, 0.1) is 0 Å². The van der Waals surface area contributed by atoms with E-state index in [1.807, 2.05) is 18.2 Å². The number of rotatable bonds is 4. The van der Waals surface area contributed by atoms with Crippen LogP contribution in [0.3, 0.4) is 0 Å². The minimum atomic E-state index is -0.0547. The number of carbonyl (C=O) groups is 2. The van der Waals surface area contributed by atoms with E-state index < -0.39 is 0 Å². The number of carbonyl (C=O) groups excluding carboxylic acids is 2. The zero-order valence-electron chi connectivity index (χ0n) is 11.9. The molecular weight excluding hydrogens is 298 g/mol. The van der Waals surface area contributed by atoms with Crippen molar-refractivity contribution in [3.63, 3.8) is 0 Å². The fourth-order valence-corrected chi connectivity index (χ4v) is 3.20. The van der Waals surface area contributed by atoms with Gasteiger partial charge in [-0.25, -0.2) is 0 Å². The molecule has 1 aliphatic heterocycles. The van der Waals surface area contributed by atoms with Crippen molar-refractivity contribution in [2.75, 3.05) is 12.0 Å². The van der Waals surface area contributed by atoms with Gasteiger partial charge in [0.05, 0.1) is 12.0 Å². The monoisotopic (exact) mass is 311 g/mol. The molecule has 2 aromatic carbocycles. The van der Waals surface area contributed by atoms with Crippen LogP contribution in [0.15, 0.2) is 64.5 Å². The number of methoxy groups -OCH3 is 1. The molecule has 1 aliphatic rings. The molecule has 0 spiro atoms. The summed E-state index contributed by atoms with van der Waals surface area (Å²) in [5, 5.41) is 0. The highest BCUT2D eigenvalue weighted by Gasteiger charge is 2.26. The SMILES string of the molecule is COc1ccc(N(C=O)C=C2Sc3ccccc3C2=O)cc1. The minimum Gasteiger partial charge on any atom is -0.497 e. The first kappa shape index (κ1) is 14.4. The van der Waals surface area contributed by atoms with Crippen molar-refractivity contribution in [1.82, 2.24) is 0 Å². The van der Waals surface area contributed by atoms with E-state index in [0.717, 1.165) is 4.90 Å². The molecule has 0 saturated carbocycles. The second-order valence-corrected chi connectivity index (χ2v) is 5.72. The predicted octanol–water partition coefficient (Wildman–Crippen LogP) is 3.49. The van der Waals surface area contributed by atoms with Gasteiger partial charge in [-0.2, -0.15) is 0 Å². The number of ether oxygens (including phenoxy) is 1. The number of nitrogens with zero attached hydrogens (tertiary/aromatic N) is 1. The van der Waals surface area contributed by atoms with Crippen molar-refractivity contribution in [3.8, 4) is 5.75 Å². The van der Waals surface area contributed by atoms with Gasteiger partial charge < -0.3 is 4.74 Å². The summed E-state index contributed by atoms with van der Waals surface area (Å²) in [4.78, 5) is 26.5. The van der Waals surface area contributed by atoms with Gasteiger partial charge in [0, 0.05) is 22.3 Å². The minimum absolute atomic E-state index is 0.0547. The first-order valence-corrected chi connectivity index (χ1v) is 7.45. The lowest BCUT2D eigenvalue weighted by Gasteiger charge is -2.13. The van der Waals surface area contributed by atoms with E-state index in [1.54, 1.807) is 43.6 Å². The zero-order chi connectivity index (χ0) is 15.5.